The first-order chi connectivity index (χ1) is 10.1. The summed E-state index contributed by atoms with van der Waals surface area (Å²) >= 11 is 11.7. The molecule has 6 nitrogen and oxygen atoms in total. The minimum atomic E-state index is -0.950. The van der Waals surface area contributed by atoms with E-state index in [0.29, 0.717) is 5.76 Å². The topological polar surface area (TPSA) is 83.7 Å². The van der Waals surface area contributed by atoms with Crippen molar-refractivity contribution in [1.82, 2.24) is 5.43 Å². The molecule has 0 fully saturated rings. The Morgan fingerprint density at radius 2 is 1.95 bits per heavy atom. The number of nitrogens with one attached hydrogen (secondary N) is 2. The zero-order valence-electron chi connectivity index (χ0n) is 10.5. The van der Waals surface area contributed by atoms with Crippen LogP contribution in [0.1, 0.15) is 5.76 Å². The van der Waals surface area contributed by atoms with E-state index >= 15 is 0 Å². The fourth-order valence-corrected chi connectivity index (χ4v) is 1.70. The highest BCUT2D eigenvalue weighted by molar-refractivity contribution is 6.45. The number of rotatable bonds is 3. The number of furan rings is 1. The van der Waals surface area contributed by atoms with Gasteiger partial charge in [-0.15, -0.1) is 0 Å². The monoisotopic (exact) mass is 325 g/mol. The molecule has 1 aromatic heterocycles. The summed E-state index contributed by atoms with van der Waals surface area (Å²) in [7, 11) is 0. The highest BCUT2D eigenvalue weighted by atomic mass is 35.5. The molecule has 0 aliphatic heterocycles. The second-order valence-electron chi connectivity index (χ2n) is 3.77. The standard InChI is InChI=1S/C13H9Cl2N3O3/c14-9-4-1-5-10(11(9)15)17-12(19)13(20)18-16-7-8-3-2-6-21-8/h1-7H,(H,17,19)(H,18,20)/b16-7+. The van der Waals surface area contributed by atoms with Crippen LogP contribution in [-0.4, -0.2) is 18.0 Å². The molecule has 108 valence electrons. The van der Waals surface area contributed by atoms with E-state index in [1.54, 1.807) is 24.3 Å². The highest BCUT2D eigenvalue weighted by Gasteiger charge is 2.15. The molecule has 0 unspecified atom stereocenters. The van der Waals surface area contributed by atoms with Crippen molar-refractivity contribution in [3.8, 4) is 0 Å². The van der Waals surface area contributed by atoms with Crippen molar-refractivity contribution in [2.45, 2.75) is 0 Å². The van der Waals surface area contributed by atoms with E-state index in [9.17, 15) is 9.59 Å². The van der Waals surface area contributed by atoms with Gasteiger partial charge in [0.05, 0.1) is 28.2 Å². The Balaban J connectivity index is 1.94. The molecule has 8 heteroatoms. The predicted octanol–water partition coefficient (Wildman–Crippen LogP) is 2.68. The van der Waals surface area contributed by atoms with Crippen LogP contribution >= 0.6 is 23.2 Å². The average molecular weight is 326 g/mol. The van der Waals surface area contributed by atoms with E-state index < -0.39 is 11.8 Å². The first kappa shape index (κ1) is 15.1. The Hall–Kier alpha value is -2.31. The van der Waals surface area contributed by atoms with Gasteiger partial charge in [0.1, 0.15) is 5.76 Å². The molecule has 0 saturated heterocycles. The Bertz CT molecular complexity index is 684. The summed E-state index contributed by atoms with van der Waals surface area (Å²) in [6.45, 7) is 0. The van der Waals surface area contributed by atoms with E-state index in [0.717, 1.165) is 0 Å². The largest absolute Gasteiger partial charge is 0.463 e. The molecule has 0 aliphatic carbocycles. The molecular weight excluding hydrogens is 317 g/mol. The molecule has 2 amide bonds. The van der Waals surface area contributed by atoms with Crippen LogP contribution < -0.4 is 10.7 Å². The van der Waals surface area contributed by atoms with Crippen molar-refractivity contribution in [2.24, 2.45) is 5.10 Å². The summed E-state index contributed by atoms with van der Waals surface area (Å²) in [5.74, 6) is -1.43. The van der Waals surface area contributed by atoms with Gasteiger partial charge in [0, 0.05) is 0 Å². The van der Waals surface area contributed by atoms with E-state index in [1.165, 1.54) is 18.5 Å². The van der Waals surface area contributed by atoms with Crippen LogP contribution in [0.4, 0.5) is 5.69 Å². The number of benzene rings is 1. The maximum Gasteiger partial charge on any atom is 0.329 e. The van der Waals surface area contributed by atoms with Gasteiger partial charge in [-0.1, -0.05) is 29.3 Å². The quantitative estimate of drug-likeness (QED) is 0.517. The fourth-order valence-electron chi connectivity index (χ4n) is 1.35. The van der Waals surface area contributed by atoms with Crippen LogP contribution in [-0.2, 0) is 9.59 Å². The molecule has 21 heavy (non-hydrogen) atoms. The zero-order valence-corrected chi connectivity index (χ0v) is 12.0. The van der Waals surface area contributed by atoms with E-state index in [1.807, 2.05) is 0 Å². The summed E-state index contributed by atoms with van der Waals surface area (Å²) in [5.41, 5.74) is 2.29. The summed E-state index contributed by atoms with van der Waals surface area (Å²) in [6.07, 6.45) is 2.72. The van der Waals surface area contributed by atoms with Gasteiger partial charge in [0.25, 0.3) is 0 Å². The Morgan fingerprint density at radius 1 is 1.14 bits per heavy atom. The smallest absolute Gasteiger partial charge is 0.329 e. The third kappa shape index (κ3) is 4.08. The molecule has 0 radical (unpaired) electrons. The van der Waals surface area contributed by atoms with Crippen molar-refractivity contribution in [3.63, 3.8) is 0 Å². The number of anilines is 1. The second kappa shape index (κ2) is 6.92. The van der Waals surface area contributed by atoms with Crippen LogP contribution in [0.15, 0.2) is 46.1 Å². The Labute approximate surface area is 129 Å². The van der Waals surface area contributed by atoms with E-state index in [2.05, 4.69) is 15.8 Å². The fraction of sp³-hybridized carbons (Fsp3) is 0. The molecule has 0 atom stereocenters. The van der Waals surface area contributed by atoms with Gasteiger partial charge < -0.3 is 9.73 Å². The van der Waals surface area contributed by atoms with Gasteiger partial charge in [0.2, 0.25) is 0 Å². The second-order valence-corrected chi connectivity index (χ2v) is 4.56. The molecule has 2 N–H and O–H groups in total. The number of nitrogens with zero attached hydrogens (tertiary/aromatic N) is 1. The van der Waals surface area contributed by atoms with E-state index in [4.69, 9.17) is 27.6 Å². The number of carbonyl (C=O) groups is 2. The van der Waals surface area contributed by atoms with Crippen LogP contribution in [0.25, 0.3) is 0 Å². The lowest BCUT2D eigenvalue weighted by Crippen LogP contribution is -2.32. The van der Waals surface area contributed by atoms with Crippen LogP contribution in [0, 0.1) is 0 Å². The Kier molecular flexibility index (Phi) is 4.97. The number of halogens is 2. The molecule has 1 heterocycles. The molecule has 0 bridgehead atoms. The van der Waals surface area contributed by atoms with Crippen LogP contribution in [0.3, 0.4) is 0 Å². The minimum Gasteiger partial charge on any atom is -0.463 e. The van der Waals surface area contributed by atoms with Crippen molar-refractivity contribution < 1.29 is 14.0 Å². The predicted molar refractivity (Wildman–Crippen MR) is 79.5 cm³/mol. The minimum absolute atomic E-state index is 0.152. The molecule has 2 rings (SSSR count). The van der Waals surface area contributed by atoms with Crippen molar-refractivity contribution in [2.75, 3.05) is 5.32 Å². The lowest BCUT2D eigenvalue weighted by molar-refractivity contribution is -0.136. The first-order valence-corrected chi connectivity index (χ1v) is 6.45. The van der Waals surface area contributed by atoms with Crippen molar-refractivity contribution in [1.29, 1.82) is 0 Å². The molecule has 1 aromatic carbocycles. The van der Waals surface area contributed by atoms with E-state index in [-0.39, 0.29) is 15.7 Å². The number of carbonyl (C=O) groups excluding carboxylic acids is 2. The van der Waals surface area contributed by atoms with Gasteiger partial charge >= 0.3 is 11.8 Å². The number of hydrazone groups is 1. The third-order valence-corrected chi connectivity index (χ3v) is 3.13. The Morgan fingerprint density at radius 3 is 2.67 bits per heavy atom. The average Bonchev–Trinajstić information content (AvgIpc) is 2.97. The maximum atomic E-state index is 11.6. The summed E-state index contributed by atoms with van der Waals surface area (Å²) in [6, 6.07) is 7.98. The lowest BCUT2D eigenvalue weighted by Gasteiger charge is -2.06. The summed E-state index contributed by atoms with van der Waals surface area (Å²) in [5, 5.41) is 6.33. The van der Waals surface area contributed by atoms with Crippen LogP contribution in [0.2, 0.25) is 10.0 Å². The van der Waals surface area contributed by atoms with Gasteiger partial charge in [-0.3, -0.25) is 9.59 Å². The normalized spacial score (nSPS) is 10.6. The molecule has 0 saturated carbocycles. The van der Waals surface area contributed by atoms with Gasteiger partial charge in [-0.25, -0.2) is 5.43 Å². The first-order valence-electron chi connectivity index (χ1n) is 5.70. The summed E-state index contributed by atoms with van der Waals surface area (Å²) in [4.78, 5) is 23.2. The number of amides is 2. The zero-order chi connectivity index (χ0) is 15.2. The number of hydrogen-bond acceptors (Lipinski definition) is 4. The van der Waals surface area contributed by atoms with Crippen molar-refractivity contribution in [3.05, 3.63) is 52.4 Å². The summed E-state index contributed by atoms with van der Waals surface area (Å²) < 4.78 is 4.97. The molecular formula is C13H9Cl2N3O3. The van der Waals surface area contributed by atoms with Crippen molar-refractivity contribution >= 4 is 46.9 Å². The molecule has 0 aliphatic rings. The highest BCUT2D eigenvalue weighted by Crippen LogP contribution is 2.29. The lowest BCUT2D eigenvalue weighted by atomic mass is 10.3. The van der Waals surface area contributed by atoms with Crippen LogP contribution in [0.5, 0.6) is 0 Å². The third-order valence-electron chi connectivity index (χ3n) is 2.31. The number of hydrogen-bond donors (Lipinski definition) is 2. The molecule has 0 spiro atoms. The van der Waals surface area contributed by atoms with Gasteiger partial charge in [0.15, 0.2) is 0 Å². The van der Waals surface area contributed by atoms with Gasteiger partial charge in [-0.05, 0) is 24.3 Å². The SMILES string of the molecule is O=C(N/N=C/c1ccco1)C(=O)Nc1cccc(Cl)c1Cl. The molecule has 2 aromatic rings. The van der Waals surface area contributed by atoms with Gasteiger partial charge in [-0.2, -0.15) is 5.10 Å². The maximum absolute atomic E-state index is 11.6.